The largest absolute Gasteiger partial charge is 0.385 e. The molecule has 2 unspecified atom stereocenters. The van der Waals surface area contributed by atoms with Crippen molar-refractivity contribution in [1.82, 2.24) is 15.4 Å². The topological polar surface area (TPSA) is 106 Å². The molecule has 1 aromatic heterocycles. The van der Waals surface area contributed by atoms with Crippen molar-refractivity contribution in [3.05, 3.63) is 23.8 Å². The van der Waals surface area contributed by atoms with Gasteiger partial charge in [0.15, 0.2) is 6.10 Å². The first-order valence-electron chi connectivity index (χ1n) is 4.28. The number of benzene rings is 1. The third kappa shape index (κ3) is 1.66. The van der Waals surface area contributed by atoms with Crippen LogP contribution in [0.5, 0.6) is 0 Å². The smallest absolute Gasteiger partial charge is 0.170 e. The van der Waals surface area contributed by atoms with Crippen LogP contribution in [0.2, 0.25) is 0 Å². The predicted molar refractivity (Wildman–Crippen MR) is 50.5 cm³/mol. The van der Waals surface area contributed by atoms with Crippen molar-refractivity contribution >= 4 is 11.0 Å². The van der Waals surface area contributed by atoms with Gasteiger partial charge in [0.25, 0.3) is 0 Å². The van der Waals surface area contributed by atoms with Crippen molar-refractivity contribution in [2.75, 3.05) is 0 Å². The van der Waals surface area contributed by atoms with Gasteiger partial charge in [0, 0.05) is 0 Å². The van der Waals surface area contributed by atoms with Crippen LogP contribution in [0.4, 0.5) is 0 Å². The van der Waals surface area contributed by atoms with E-state index in [-0.39, 0.29) is 0 Å². The van der Waals surface area contributed by atoms with E-state index in [0.29, 0.717) is 16.6 Å². The van der Waals surface area contributed by atoms with Gasteiger partial charge >= 0.3 is 0 Å². The summed E-state index contributed by atoms with van der Waals surface area (Å²) in [5, 5.41) is 37.3. The van der Waals surface area contributed by atoms with E-state index in [4.69, 9.17) is 10.4 Å². The zero-order valence-electron chi connectivity index (χ0n) is 7.62. The monoisotopic (exact) mass is 204 g/mol. The fraction of sp³-hybridized carbons (Fsp3) is 0.222. The number of hydrogen-bond acceptors (Lipinski definition) is 5. The average molecular weight is 204 g/mol. The Hall–Kier alpha value is -1.97. The van der Waals surface area contributed by atoms with E-state index in [1.807, 2.05) is 0 Å². The summed E-state index contributed by atoms with van der Waals surface area (Å²) in [7, 11) is 0. The number of aromatic nitrogens is 3. The molecule has 0 spiro atoms. The van der Waals surface area contributed by atoms with Gasteiger partial charge < -0.3 is 10.2 Å². The second-order valence-electron chi connectivity index (χ2n) is 3.09. The minimum atomic E-state index is -1.44. The number of H-pyrrole nitrogens is 1. The lowest BCUT2D eigenvalue weighted by Gasteiger charge is -2.11. The fourth-order valence-corrected chi connectivity index (χ4v) is 1.29. The first-order chi connectivity index (χ1) is 7.22. The number of aliphatic hydroxyl groups excluding tert-OH is 2. The lowest BCUT2D eigenvalue weighted by molar-refractivity contribution is 0.0529. The van der Waals surface area contributed by atoms with Crippen molar-refractivity contribution < 1.29 is 10.2 Å². The Labute approximate surface area is 84.8 Å². The van der Waals surface area contributed by atoms with Gasteiger partial charge in [0.2, 0.25) is 0 Å². The lowest BCUT2D eigenvalue weighted by atomic mass is 10.0. The zero-order valence-corrected chi connectivity index (χ0v) is 7.62. The van der Waals surface area contributed by atoms with E-state index in [9.17, 15) is 5.11 Å². The Balaban J connectivity index is 2.40. The molecule has 1 aromatic carbocycles. The molecule has 0 fully saturated rings. The molecule has 3 N–H and O–H groups in total. The van der Waals surface area contributed by atoms with Crippen molar-refractivity contribution in [3.8, 4) is 6.07 Å². The number of aliphatic hydroxyl groups is 2. The molecule has 0 radical (unpaired) electrons. The summed E-state index contributed by atoms with van der Waals surface area (Å²) < 4.78 is 0. The molecular weight excluding hydrogens is 196 g/mol. The van der Waals surface area contributed by atoms with Crippen molar-refractivity contribution in [2.45, 2.75) is 12.2 Å². The highest BCUT2D eigenvalue weighted by Gasteiger charge is 2.18. The van der Waals surface area contributed by atoms with Gasteiger partial charge in [-0.3, -0.25) is 0 Å². The number of hydrogen-bond donors (Lipinski definition) is 3. The highest BCUT2D eigenvalue weighted by molar-refractivity contribution is 5.74. The standard InChI is InChI=1S/C9H8N4O2/c10-4-8(14)9(15)5-1-2-6-7(3-5)12-13-11-6/h1-3,8-9,14-15H,(H,11,12,13). The van der Waals surface area contributed by atoms with Gasteiger partial charge in [-0.05, 0) is 17.7 Å². The van der Waals surface area contributed by atoms with Gasteiger partial charge in [-0.1, -0.05) is 6.07 Å². The molecule has 15 heavy (non-hydrogen) atoms. The molecule has 0 amide bonds. The Morgan fingerprint density at radius 2 is 2.00 bits per heavy atom. The van der Waals surface area contributed by atoms with Crippen LogP contribution in [-0.2, 0) is 0 Å². The molecule has 6 heteroatoms. The number of nitriles is 1. The van der Waals surface area contributed by atoms with E-state index >= 15 is 0 Å². The predicted octanol–water partition coefficient (Wildman–Crippen LogP) is -0.124. The molecule has 1 heterocycles. The zero-order chi connectivity index (χ0) is 10.8. The second-order valence-corrected chi connectivity index (χ2v) is 3.09. The van der Waals surface area contributed by atoms with Gasteiger partial charge in [0.05, 0.1) is 6.07 Å². The Bertz CT molecular complexity index is 516. The Kier molecular flexibility index (Phi) is 2.33. The summed E-state index contributed by atoms with van der Waals surface area (Å²) >= 11 is 0. The molecule has 0 bridgehead atoms. The van der Waals surface area contributed by atoms with Crippen LogP contribution in [-0.4, -0.2) is 31.7 Å². The minimum Gasteiger partial charge on any atom is -0.385 e. The van der Waals surface area contributed by atoms with E-state index < -0.39 is 12.2 Å². The maximum Gasteiger partial charge on any atom is 0.170 e. The van der Waals surface area contributed by atoms with Crippen molar-refractivity contribution in [1.29, 1.82) is 5.26 Å². The lowest BCUT2D eigenvalue weighted by Crippen LogP contribution is -2.15. The van der Waals surface area contributed by atoms with E-state index in [1.165, 1.54) is 0 Å². The highest BCUT2D eigenvalue weighted by Crippen LogP contribution is 2.19. The minimum absolute atomic E-state index is 0.436. The molecule has 2 atom stereocenters. The first kappa shape index (κ1) is 9.58. The SMILES string of the molecule is N#CC(O)C(O)c1ccc2n[nH]nc2c1. The van der Waals surface area contributed by atoms with Gasteiger partial charge in [-0.25, -0.2) is 0 Å². The van der Waals surface area contributed by atoms with Crippen LogP contribution >= 0.6 is 0 Å². The molecule has 0 saturated heterocycles. The summed E-state index contributed by atoms with van der Waals surface area (Å²) in [6.45, 7) is 0. The van der Waals surface area contributed by atoms with Crippen LogP contribution in [0.3, 0.4) is 0 Å². The summed E-state index contributed by atoms with van der Waals surface area (Å²) in [4.78, 5) is 0. The molecule has 0 aliphatic heterocycles. The maximum atomic E-state index is 9.56. The van der Waals surface area contributed by atoms with Gasteiger partial charge in [0.1, 0.15) is 17.1 Å². The summed E-state index contributed by atoms with van der Waals surface area (Å²) in [5.41, 5.74) is 1.68. The number of nitrogens with one attached hydrogen (secondary N) is 1. The number of nitrogens with zero attached hydrogens (tertiary/aromatic N) is 3. The van der Waals surface area contributed by atoms with Crippen LogP contribution in [0.25, 0.3) is 11.0 Å². The molecule has 0 saturated carbocycles. The summed E-state index contributed by atoms with van der Waals surface area (Å²) in [5.74, 6) is 0. The van der Waals surface area contributed by atoms with E-state index in [2.05, 4.69) is 15.4 Å². The Morgan fingerprint density at radius 3 is 2.73 bits per heavy atom. The molecule has 6 nitrogen and oxygen atoms in total. The number of rotatable bonds is 2. The Morgan fingerprint density at radius 1 is 1.27 bits per heavy atom. The molecule has 0 aliphatic rings. The quantitative estimate of drug-likeness (QED) is 0.591. The average Bonchev–Trinajstić information content (AvgIpc) is 2.73. The van der Waals surface area contributed by atoms with Gasteiger partial charge in [-0.15, -0.1) is 0 Å². The van der Waals surface area contributed by atoms with Crippen LogP contribution in [0.15, 0.2) is 18.2 Å². The van der Waals surface area contributed by atoms with Crippen molar-refractivity contribution in [2.24, 2.45) is 0 Å². The summed E-state index contributed by atoms with van der Waals surface area (Å²) in [6.07, 6.45) is -2.66. The second kappa shape index (κ2) is 3.65. The molecule has 76 valence electrons. The fourth-order valence-electron chi connectivity index (χ4n) is 1.29. The maximum absolute atomic E-state index is 9.56. The molecular formula is C9H8N4O2. The van der Waals surface area contributed by atoms with E-state index in [1.54, 1.807) is 24.3 Å². The first-order valence-corrected chi connectivity index (χ1v) is 4.28. The number of fused-ring (bicyclic) bond motifs is 1. The van der Waals surface area contributed by atoms with Gasteiger partial charge in [-0.2, -0.15) is 20.7 Å². The summed E-state index contributed by atoms with van der Waals surface area (Å²) in [6, 6.07) is 6.39. The molecule has 0 aliphatic carbocycles. The number of aromatic amines is 1. The third-order valence-corrected chi connectivity index (χ3v) is 2.11. The van der Waals surface area contributed by atoms with Crippen LogP contribution < -0.4 is 0 Å². The van der Waals surface area contributed by atoms with Crippen molar-refractivity contribution in [3.63, 3.8) is 0 Å². The molecule has 2 rings (SSSR count). The molecule has 2 aromatic rings. The normalized spacial score (nSPS) is 14.7. The third-order valence-electron chi connectivity index (χ3n) is 2.11. The van der Waals surface area contributed by atoms with Crippen LogP contribution in [0.1, 0.15) is 11.7 Å². The highest BCUT2D eigenvalue weighted by atomic mass is 16.3. The van der Waals surface area contributed by atoms with Crippen LogP contribution in [0, 0.1) is 11.3 Å². The van der Waals surface area contributed by atoms with E-state index in [0.717, 1.165) is 0 Å².